The van der Waals surface area contributed by atoms with Gasteiger partial charge >= 0.3 is 5.97 Å². The van der Waals surface area contributed by atoms with Crippen molar-refractivity contribution in [2.45, 2.75) is 31.8 Å². The highest BCUT2D eigenvalue weighted by atomic mass is 16.7. The van der Waals surface area contributed by atoms with Gasteiger partial charge in [0.1, 0.15) is 5.69 Å². The van der Waals surface area contributed by atoms with E-state index in [1.54, 1.807) is 0 Å². The highest BCUT2D eigenvalue weighted by molar-refractivity contribution is 6.02. The Bertz CT molecular complexity index is 455. The topological polar surface area (TPSA) is 88.5 Å². The Balaban J connectivity index is 2.01. The van der Waals surface area contributed by atoms with Crippen molar-refractivity contribution in [3.05, 3.63) is 29.6 Å². The van der Waals surface area contributed by atoms with E-state index in [0.717, 1.165) is 25.7 Å². The molecule has 2 N–H and O–H groups in total. The summed E-state index contributed by atoms with van der Waals surface area (Å²) < 4.78 is 0. The van der Waals surface area contributed by atoms with E-state index in [9.17, 15) is 9.59 Å². The first-order chi connectivity index (χ1) is 8.68. The number of pyridine rings is 1. The van der Waals surface area contributed by atoms with Crippen LogP contribution >= 0.6 is 0 Å². The van der Waals surface area contributed by atoms with Crippen LogP contribution in [0, 0.1) is 0 Å². The molecule has 1 aromatic rings. The number of hydroxylamine groups is 1. The van der Waals surface area contributed by atoms with Crippen LogP contribution in [0.25, 0.3) is 0 Å². The van der Waals surface area contributed by atoms with Gasteiger partial charge in [0.2, 0.25) is 0 Å². The third kappa shape index (κ3) is 2.84. The van der Waals surface area contributed by atoms with Crippen LogP contribution in [-0.2, 0) is 4.84 Å². The predicted molar refractivity (Wildman–Crippen MR) is 62.0 cm³/mol. The summed E-state index contributed by atoms with van der Waals surface area (Å²) in [6.45, 7) is 0. The maximum absolute atomic E-state index is 11.8. The number of rotatable bonds is 4. The SMILES string of the molecule is O=C(O)c1cccnc1C(=O)NOC1CCCC1. The Morgan fingerprint density at radius 1 is 1.39 bits per heavy atom. The van der Waals surface area contributed by atoms with Crippen LogP contribution in [0.15, 0.2) is 18.3 Å². The lowest BCUT2D eigenvalue weighted by atomic mass is 10.2. The van der Waals surface area contributed by atoms with Crippen LogP contribution in [0.2, 0.25) is 0 Å². The Labute approximate surface area is 104 Å². The molecule has 1 aliphatic rings. The van der Waals surface area contributed by atoms with E-state index in [1.807, 2.05) is 0 Å². The van der Waals surface area contributed by atoms with E-state index >= 15 is 0 Å². The lowest BCUT2D eigenvalue weighted by Gasteiger charge is -2.11. The number of amides is 1. The average Bonchev–Trinajstić information content (AvgIpc) is 2.89. The Kier molecular flexibility index (Phi) is 3.88. The first-order valence-electron chi connectivity index (χ1n) is 5.83. The molecule has 1 amide bonds. The summed E-state index contributed by atoms with van der Waals surface area (Å²) in [5.41, 5.74) is 2.00. The highest BCUT2D eigenvalue weighted by Crippen LogP contribution is 2.20. The van der Waals surface area contributed by atoms with Gasteiger partial charge in [-0.25, -0.2) is 10.3 Å². The molecule has 2 rings (SSSR count). The van der Waals surface area contributed by atoms with E-state index in [0.29, 0.717) is 0 Å². The largest absolute Gasteiger partial charge is 0.478 e. The smallest absolute Gasteiger partial charge is 0.338 e. The fraction of sp³-hybridized carbons (Fsp3) is 0.417. The van der Waals surface area contributed by atoms with Crippen LogP contribution < -0.4 is 5.48 Å². The minimum Gasteiger partial charge on any atom is -0.478 e. The van der Waals surface area contributed by atoms with Crippen molar-refractivity contribution < 1.29 is 19.5 Å². The quantitative estimate of drug-likeness (QED) is 0.788. The highest BCUT2D eigenvalue weighted by Gasteiger charge is 2.20. The number of nitrogens with one attached hydrogen (secondary N) is 1. The van der Waals surface area contributed by atoms with Crippen LogP contribution in [0.4, 0.5) is 0 Å². The second-order valence-corrected chi connectivity index (χ2v) is 4.16. The van der Waals surface area contributed by atoms with Gasteiger partial charge in [-0.15, -0.1) is 0 Å². The maximum atomic E-state index is 11.8. The summed E-state index contributed by atoms with van der Waals surface area (Å²) in [7, 11) is 0. The molecule has 1 aromatic heterocycles. The van der Waals surface area contributed by atoms with Crippen molar-refractivity contribution in [1.29, 1.82) is 0 Å². The molecule has 0 bridgehead atoms. The molecule has 18 heavy (non-hydrogen) atoms. The second kappa shape index (κ2) is 5.59. The Morgan fingerprint density at radius 3 is 2.78 bits per heavy atom. The minimum atomic E-state index is -1.19. The molecule has 0 atom stereocenters. The zero-order valence-electron chi connectivity index (χ0n) is 9.76. The molecule has 0 spiro atoms. The zero-order valence-corrected chi connectivity index (χ0v) is 9.76. The number of aromatic carboxylic acids is 1. The molecule has 0 aromatic carbocycles. The van der Waals surface area contributed by atoms with Crippen LogP contribution in [-0.4, -0.2) is 28.1 Å². The van der Waals surface area contributed by atoms with Crippen molar-refractivity contribution in [2.75, 3.05) is 0 Å². The Hall–Kier alpha value is -1.95. The zero-order chi connectivity index (χ0) is 13.0. The molecule has 0 saturated heterocycles. The van der Waals surface area contributed by atoms with Crippen molar-refractivity contribution in [3.8, 4) is 0 Å². The molecule has 1 fully saturated rings. The lowest BCUT2D eigenvalue weighted by molar-refractivity contribution is -0.0128. The number of hydrogen-bond acceptors (Lipinski definition) is 4. The lowest BCUT2D eigenvalue weighted by Crippen LogP contribution is -2.30. The third-order valence-electron chi connectivity index (χ3n) is 2.87. The van der Waals surface area contributed by atoms with Crippen LogP contribution in [0.3, 0.4) is 0 Å². The van der Waals surface area contributed by atoms with Crippen LogP contribution in [0.1, 0.15) is 46.5 Å². The van der Waals surface area contributed by atoms with Gasteiger partial charge < -0.3 is 5.11 Å². The van der Waals surface area contributed by atoms with Gasteiger partial charge in [-0.2, -0.15) is 0 Å². The number of nitrogens with zero attached hydrogens (tertiary/aromatic N) is 1. The summed E-state index contributed by atoms with van der Waals surface area (Å²) in [5, 5.41) is 8.93. The fourth-order valence-corrected chi connectivity index (χ4v) is 1.95. The van der Waals surface area contributed by atoms with Crippen molar-refractivity contribution >= 4 is 11.9 Å². The first kappa shape index (κ1) is 12.5. The number of carbonyl (C=O) groups is 2. The van der Waals surface area contributed by atoms with Gasteiger partial charge in [0, 0.05) is 6.20 Å². The summed E-state index contributed by atoms with van der Waals surface area (Å²) in [6.07, 6.45) is 5.39. The van der Waals surface area contributed by atoms with Gasteiger partial charge in [-0.3, -0.25) is 14.6 Å². The molecule has 1 aliphatic carbocycles. The molecule has 1 heterocycles. The van der Waals surface area contributed by atoms with Crippen molar-refractivity contribution in [1.82, 2.24) is 10.5 Å². The monoisotopic (exact) mass is 250 g/mol. The maximum Gasteiger partial charge on any atom is 0.338 e. The minimum absolute atomic E-state index is 0.0194. The van der Waals surface area contributed by atoms with Crippen molar-refractivity contribution in [2.24, 2.45) is 0 Å². The molecule has 96 valence electrons. The molecule has 6 heteroatoms. The number of aromatic nitrogens is 1. The number of carboxylic acid groups (broad SMARTS) is 1. The predicted octanol–water partition coefficient (Wildman–Crippen LogP) is 1.38. The fourth-order valence-electron chi connectivity index (χ4n) is 1.95. The summed E-state index contributed by atoms with van der Waals surface area (Å²) >= 11 is 0. The van der Waals surface area contributed by atoms with Gasteiger partial charge in [0.25, 0.3) is 5.91 Å². The molecular weight excluding hydrogens is 236 g/mol. The number of carbonyl (C=O) groups excluding carboxylic acids is 1. The Morgan fingerprint density at radius 2 is 2.11 bits per heavy atom. The number of carboxylic acids is 1. The van der Waals surface area contributed by atoms with E-state index < -0.39 is 11.9 Å². The average molecular weight is 250 g/mol. The molecular formula is C12H14N2O4. The molecule has 6 nitrogen and oxygen atoms in total. The molecule has 0 radical (unpaired) electrons. The summed E-state index contributed by atoms with van der Waals surface area (Å²) in [5.74, 6) is -1.81. The van der Waals surface area contributed by atoms with Crippen LogP contribution in [0.5, 0.6) is 0 Å². The van der Waals surface area contributed by atoms with Gasteiger partial charge in [0.15, 0.2) is 0 Å². The van der Waals surface area contributed by atoms with Gasteiger partial charge in [-0.05, 0) is 25.0 Å². The van der Waals surface area contributed by atoms with E-state index in [1.165, 1.54) is 18.3 Å². The number of hydrogen-bond donors (Lipinski definition) is 2. The molecule has 0 unspecified atom stereocenters. The molecule has 1 saturated carbocycles. The third-order valence-corrected chi connectivity index (χ3v) is 2.87. The standard InChI is InChI=1S/C12H14N2O4/c15-11(14-18-8-4-1-2-5-8)10-9(12(16)17)6-3-7-13-10/h3,6-8H,1-2,4-5H2,(H,14,15)(H,16,17). The van der Waals surface area contributed by atoms with E-state index in [4.69, 9.17) is 9.94 Å². The molecule has 0 aliphatic heterocycles. The van der Waals surface area contributed by atoms with E-state index in [2.05, 4.69) is 10.5 Å². The normalized spacial score (nSPS) is 15.6. The van der Waals surface area contributed by atoms with E-state index in [-0.39, 0.29) is 17.4 Å². The van der Waals surface area contributed by atoms with Crippen molar-refractivity contribution in [3.63, 3.8) is 0 Å². The first-order valence-corrected chi connectivity index (χ1v) is 5.83. The summed E-state index contributed by atoms with van der Waals surface area (Å²) in [6, 6.07) is 2.80. The van der Waals surface area contributed by atoms with Gasteiger partial charge in [-0.1, -0.05) is 12.8 Å². The summed E-state index contributed by atoms with van der Waals surface area (Å²) in [4.78, 5) is 31.7. The van der Waals surface area contributed by atoms with Gasteiger partial charge in [0.05, 0.1) is 11.7 Å². The second-order valence-electron chi connectivity index (χ2n) is 4.16.